The molecule has 0 atom stereocenters. The number of nitrogens with zero attached hydrogens (tertiary/aromatic N) is 1. The van der Waals surface area contributed by atoms with Crippen LogP contribution in [0.25, 0.3) is 10.9 Å². The molecule has 1 heterocycles. The highest BCUT2D eigenvalue weighted by atomic mass is 32.2. The third-order valence-corrected chi connectivity index (χ3v) is 3.39. The highest BCUT2D eigenvalue weighted by Gasteiger charge is 2.11. The van der Waals surface area contributed by atoms with E-state index in [9.17, 15) is 8.42 Å². The van der Waals surface area contributed by atoms with Gasteiger partial charge < -0.3 is 9.88 Å². The van der Waals surface area contributed by atoms with Crippen molar-refractivity contribution in [2.24, 2.45) is 0 Å². The molecule has 0 aliphatic heterocycles. The summed E-state index contributed by atoms with van der Waals surface area (Å²) in [6.07, 6.45) is -1.67. The summed E-state index contributed by atoms with van der Waals surface area (Å²) in [6, 6.07) is -2.19. The van der Waals surface area contributed by atoms with Crippen LogP contribution in [0, 0.1) is 0 Å². The smallest absolute Gasteiger partial charge is 0.215 e. The summed E-state index contributed by atoms with van der Waals surface area (Å²) in [6.45, 7) is -13.1. The molecule has 0 spiro atoms. The van der Waals surface area contributed by atoms with Crippen molar-refractivity contribution in [1.82, 2.24) is 14.6 Å². The lowest BCUT2D eigenvalue weighted by Gasteiger charge is -2.08. The molecule has 0 bridgehead atoms. The van der Waals surface area contributed by atoms with Gasteiger partial charge >= 0.3 is 0 Å². The fourth-order valence-electron chi connectivity index (χ4n) is 1.55. The Labute approximate surface area is 141 Å². The van der Waals surface area contributed by atoms with Gasteiger partial charge in [0.25, 0.3) is 0 Å². The van der Waals surface area contributed by atoms with Crippen LogP contribution in [0.1, 0.15) is 31.7 Å². The van der Waals surface area contributed by atoms with Gasteiger partial charge in [0.2, 0.25) is 10.0 Å². The molecule has 0 unspecified atom stereocenters. The number of benzene rings is 1. The zero-order valence-electron chi connectivity index (χ0n) is 25.1. The molecule has 0 fully saturated rings. The first kappa shape index (κ1) is 4.83. The number of aromatic amines is 1. The standard InChI is InChI=1S/C14H21N3O2S/c1-15-20(18,19)10-11-4-5-14-13(8-11)12(9-16-14)6-7-17(2)3/h4-5,8-9,15-16H,6-7,10H2,1-3H3/i1D3,2D3,3D3,4D,5D,7D2,8D,9D. The molecule has 0 saturated carbocycles. The van der Waals surface area contributed by atoms with Gasteiger partial charge in [-0.05, 0) is 50.6 Å². The van der Waals surface area contributed by atoms with Gasteiger partial charge in [0.15, 0.2) is 0 Å². The predicted molar refractivity (Wildman–Crippen MR) is 82.2 cm³/mol. The van der Waals surface area contributed by atoms with Crippen molar-refractivity contribution in [1.29, 1.82) is 0 Å². The maximum Gasteiger partial charge on any atom is 0.215 e. The second kappa shape index (κ2) is 5.95. The predicted octanol–water partition coefficient (Wildman–Crippen LogP) is 1.32. The monoisotopic (exact) mass is 310 g/mol. The van der Waals surface area contributed by atoms with Crippen LogP contribution in [0.3, 0.4) is 0 Å². The largest absolute Gasteiger partial charge is 0.361 e. The minimum absolute atomic E-state index is 0.324. The number of nitrogens with one attached hydrogen (secondary N) is 2. The Hall–Kier alpha value is -1.37. The van der Waals surface area contributed by atoms with E-state index < -0.39 is 90.4 Å². The highest BCUT2D eigenvalue weighted by molar-refractivity contribution is 7.88. The van der Waals surface area contributed by atoms with Crippen LogP contribution in [-0.2, 0) is 22.2 Å². The minimum Gasteiger partial charge on any atom is -0.361 e. The average Bonchev–Trinajstić information content (AvgIpc) is 2.87. The van der Waals surface area contributed by atoms with Crippen molar-refractivity contribution in [3.05, 3.63) is 35.4 Å². The summed E-state index contributed by atoms with van der Waals surface area (Å²) in [4.78, 5) is 2.02. The number of hydrogen-bond donors (Lipinski definition) is 2. The average molecular weight is 310 g/mol. The summed E-state index contributed by atoms with van der Waals surface area (Å²) >= 11 is 0. The van der Waals surface area contributed by atoms with Crippen molar-refractivity contribution in [2.75, 3.05) is 27.4 Å². The van der Waals surface area contributed by atoms with E-state index in [1.807, 2.05) is 0 Å². The highest BCUT2D eigenvalue weighted by Crippen LogP contribution is 2.21. The van der Waals surface area contributed by atoms with E-state index in [1.54, 1.807) is 0 Å². The van der Waals surface area contributed by atoms with Crippen molar-refractivity contribution in [3.8, 4) is 0 Å². The minimum atomic E-state index is -4.64. The van der Waals surface area contributed by atoms with Crippen molar-refractivity contribution < 1.29 is 29.0 Å². The van der Waals surface area contributed by atoms with E-state index in [0.717, 1.165) is 0 Å². The molecule has 0 amide bonds. The summed E-state index contributed by atoms with van der Waals surface area (Å²) in [5.41, 5.74) is -1.37. The lowest BCUT2D eigenvalue weighted by molar-refractivity contribution is 0.414. The summed E-state index contributed by atoms with van der Waals surface area (Å²) < 4.78 is 141. The first-order valence-electron chi connectivity index (χ1n) is 12.8. The SMILES string of the molecule is [2H]c1[nH]c2c([2H])c([2H])c(CS(=O)(=O)NC([2H])([2H])[2H])c([2H])c2c1CC([2H])([2H])N(C([2H])([2H])[2H])C([2H])([2H])[2H]. The Balaban J connectivity index is 2.74. The first-order chi connectivity index (χ1) is 15.4. The lowest BCUT2D eigenvalue weighted by atomic mass is 10.1. The van der Waals surface area contributed by atoms with Gasteiger partial charge in [-0.2, -0.15) is 0 Å². The molecule has 2 N–H and O–H groups in total. The van der Waals surface area contributed by atoms with Crippen molar-refractivity contribution in [3.63, 3.8) is 0 Å². The maximum absolute atomic E-state index is 12.3. The van der Waals surface area contributed by atoms with Crippen molar-refractivity contribution >= 4 is 20.9 Å². The van der Waals surface area contributed by atoms with Gasteiger partial charge in [-0.3, -0.25) is 0 Å². The van der Waals surface area contributed by atoms with E-state index in [1.165, 1.54) is 4.72 Å². The number of sulfonamides is 1. The van der Waals surface area contributed by atoms with Gasteiger partial charge in [0.05, 0.1) is 11.2 Å². The molecule has 6 heteroatoms. The number of hydrogen-bond acceptors (Lipinski definition) is 3. The maximum atomic E-state index is 12.3. The molecular formula is C14H21N3O2S. The van der Waals surface area contributed by atoms with E-state index in [0.29, 0.717) is 0 Å². The van der Waals surface area contributed by atoms with Gasteiger partial charge in [0.1, 0.15) is 0 Å². The number of aryl methyl sites for hydroxylation is 1. The number of aromatic nitrogens is 1. The Bertz CT molecular complexity index is 1210. The molecule has 2 rings (SSSR count). The van der Waals surface area contributed by atoms with E-state index in [2.05, 4.69) is 4.98 Å². The Morgan fingerprint density at radius 1 is 1.50 bits per heavy atom. The fourth-order valence-corrected chi connectivity index (χ4v) is 2.15. The van der Waals surface area contributed by atoms with Crippen LogP contribution in [0.2, 0.25) is 0 Å². The van der Waals surface area contributed by atoms with Crippen molar-refractivity contribution in [2.45, 2.75) is 12.2 Å². The van der Waals surface area contributed by atoms with Crippen LogP contribution < -0.4 is 4.72 Å². The number of fused-ring (bicyclic) bond motifs is 1. The zero-order chi connectivity index (χ0) is 27.5. The Morgan fingerprint density at radius 2 is 2.35 bits per heavy atom. The number of H-pyrrole nitrogens is 1. The van der Waals surface area contributed by atoms with Gasteiger partial charge in [0, 0.05) is 38.7 Å². The summed E-state index contributed by atoms with van der Waals surface area (Å²) in [5.74, 6) is -1.20. The molecule has 0 saturated heterocycles. The molecule has 0 aliphatic rings. The first-order valence-corrected chi connectivity index (χ1v) is 6.96. The Kier molecular flexibility index (Phi) is 1.44. The molecule has 5 nitrogen and oxygen atoms in total. The van der Waals surface area contributed by atoms with Crippen LogP contribution >= 0.6 is 0 Å². The number of rotatable bonds is 6. The second-order valence-electron chi connectivity index (χ2n) is 3.86. The van der Waals surface area contributed by atoms with Gasteiger partial charge in [-0.15, -0.1) is 0 Å². The molecule has 110 valence electrons. The molecule has 0 aliphatic carbocycles. The van der Waals surface area contributed by atoms with E-state index in [-0.39, 0.29) is 10.4 Å². The quantitative estimate of drug-likeness (QED) is 0.846. The van der Waals surface area contributed by atoms with Crippen LogP contribution in [0.15, 0.2) is 24.3 Å². The van der Waals surface area contributed by atoms with E-state index in [4.69, 9.17) is 20.6 Å². The third-order valence-electron chi connectivity index (χ3n) is 2.41. The van der Waals surface area contributed by atoms with Crippen LogP contribution in [0.4, 0.5) is 0 Å². The third kappa shape index (κ3) is 3.59. The summed E-state index contributed by atoms with van der Waals surface area (Å²) in [5, 5.41) is -0.394. The molecule has 2 aromatic rings. The molecule has 0 radical (unpaired) electrons. The lowest BCUT2D eigenvalue weighted by Crippen LogP contribution is -2.20. The van der Waals surface area contributed by atoms with Crippen LogP contribution in [-0.4, -0.2) is 45.7 Å². The fraction of sp³-hybridized carbons (Fsp3) is 0.429. The zero-order valence-corrected chi connectivity index (χ0v) is 10.9. The molecule has 1 aromatic heterocycles. The summed E-state index contributed by atoms with van der Waals surface area (Å²) in [7, 11) is -4.64. The Morgan fingerprint density at radius 3 is 3.10 bits per heavy atom. The molecular weight excluding hydrogens is 274 g/mol. The second-order valence-corrected chi connectivity index (χ2v) is 5.59. The van der Waals surface area contributed by atoms with Gasteiger partial charge in [-0.25, -0.2) is 13.1 Å². The molecule has 1 aromatic carbocycles. The number of likely N-dealkylation sites (N-methyl/N-ethyl adjacent to an activating group) is 1. The van der Waals surface area contributed by atoms with Crippen LogP contribution in [0.5, 0.6) is 0 Å². The molecule has 20 heavy (non-hydrogen) atoms. The van der Waals surface area contributed by atoms with Gasteiger partial charge in [-0.1, -0.05) is 6.04 Å². The topological polar surface area (TPSA) is 65.2 Å². The normalized spacial score (nSPS) is 25.9. The van der Waals surface area contributed by atoms with E-state index >= 15 is 0 Å².